The van der Waals surface area contributed by atoms with Crippen molar-refractivity contribution in [3.05, 3.63) is 71.8 Å². The number of ketones is 1. The molecule has 1 amide bonds. The Morgan fingerprint density at radius 3 is 2.33 bits per heavy atom. The number of carbonyl (C=O) groups is 2. The van der Waals surface area contributed by atoms with Crippen molar-refractivity contribution in [2.75, 3.05) is 0 Å². The standard InChI is InChI=1S/C21H23NO2/c23-20-13-7-12-18(20)19(15-14-16-8-3-1-4-9-16)22-21(24)17-10-5-2-6-11-17/h1-6,8-11,18-19H,7,12-15H2,(H,22,24). The van der Waals surface area contributed by atoms with Crippen LogP contribution in [0.4, 0.5) is 0 Å². The van der Waals surface area contributed by atoms with Gasteiger partial charge in [-0.1, -0.05) is 48.5 Å². The Kier molecular flexibility index (Phi) is 5.42. The number of carbonyl (C=O) groups excluding carboxylic acids is 2. The SMILES string of the molecule is O=C(NC(CCc1ccccc1)C1CCCC1=O)c1ccccc1. The van der Waals surface area contributed by atoms with Gasteiger partial charge < -0.3 is 5.32 Å². The van der Waals surface area contributed by atoms with Gasteiger partial charge in [-0.05, 0) is 43.4 Å². The smallest absolute Gasteiger partial charge is 0.251 e. The van der Waals surface area contributed by atoms with E-state index in [0.29, 0.717) is 17.8 Å². The maximum Gasteiger partial charge on any atom is 0.251 e. The molecule has 1 saturated carbocycles. The second-order valence-electron chi connectivity index (χ2n) is 6.44. The zero-order valence-corrected chi connectivity index (χ0v) is 13.8. The molecule has 2 unspecified atom stereocenters. The zero-order valence-electron chi connectivity index (χ0n) is 13.8. The van der Waals surface area contributed by atoms with Crippen LogP contribution in [0.15, 0.2) is 60.7 Å². The van der Waals surface area contributed by atoms with Crippen molar-refractivity contribution in [3.8, 4) is 0 Å². The second-order valence-corrected chi connectivity index (χ2v) is 6.44. The first-order valence-corrected chi connectivity index (χ1v) is 8.66. The quantitative estimate of drug-likeness (QED) is 0.880. The van der Waals surface area contributed by atoms with Crippen LogP contribution in [-0.2, 0) is 11.2 Å². The molecule has 0 aliphatic heterocycles. The molecule has 1 aliphatic rings. The van der Waals surface area contributed by atoms with E-state index in [2.05, 4.69) is 17.4 Å². The third-order valence-corrected chi connectivity index (χ3v) is 4.78. The Morgan fingerprint density at radius 1 is 1.04 bits per heavy atom. The zero-order chi connectivity index (χ0) is 16.8. The summed E-state index contributed by atoms with van der Waals surface area (Å²) in [6, 6.07) is 19.3. The minimum absolute atomic E-state index is 0.0404. The van der Waals surface area contributed by atoms with Crippen molar-refractivity contribution >= 4 is 11.7 Å². The average Bonchev–Trinajstić information content (AvgIpc) is 3.06. The Bertz CT molecular complexity index is 681. The maximum atomic E-state index is 12.5. The van der Waals surface area contributed by atoms with E-state index < -0.39 is 0 Å². The van der Waals surface area contributed by atoms with Gasteiger partial charge in [0.2, 0.25) is 0 Å². The van der Waals surface area contributed by atoms with E-state index in [9.17, 15) is 9.59 Å². The summed E-state index contributed by atoms with van der Waals surface area (Å²) in [4.78, 5) is 24.7. The van der Waals surface area contributed by atoms with E-state index in [4.69, 9.17) is 0 Å². The van der Waals surface area contributed by atoms with E-state index in [0.717, 1.165) is 25.7 Å². The Labute approximate surface area is 143 Å². The number of hydrogen-bond donors (Lipinski definition) is 1. The fourth-order valence-electron chi connectivity index (χ4n) is 3.45. The highest BCUT2D eigenvalue weighted by molar-refractivity contribution is 5.95. The van der Waals surface area contributed by atoms with Gasteiger partial charge in [-0.3, -0.25) is 9.59 Å². The number of hydrogen-bond acceptors (Lipinski definition) is 2. The molecule has 3 nitrogen and oxygen atoms in total. The molecule has 2 atom stereocenters. The molecule has 3 rings (SSSR count). The van der Waals surface area contributed by atoms with Gasteiger partial charge >= 0.3 is 0 Å². The van der Waals surface area contributed by atoms with Gasteiger partial charge in [-0.25, -0.2) is 0 Å². The summed E-state index contributed by atoms with van der Waals surface area (Å²) in [5.41, 5.74) is 1.88. The molecule has 3 heteroatoms. The molecular formula is C21H23NO2. The van der Waals surface area contributed by atoms with Crippen LogP contribution < -0.4 is 5.32 Å². The van der Waals surface area contributed by atoms with Crippen molar-refractivity contribution < 1.29 is 9.59 Å². The predicted molar refractivity (Wildman–Crippen MR) is 94.8 cm³/mol. The summed E-state index contributed by atoms with van der Waals surface area (Å²) in [6.07, 6.45) is 4.12. The van der Waals surface area contributed by atoms with E-state index in [-0.39, 0.29) is 17.9 Å². The monoisotopic (exact) mass is 321 g/mol. The molecule has 0 saturated heterocycles. The van der Waals surface area contributed by atoms with Crippen LogP contribution >= 0.6 is 0 Å². The molecule has 124 valence electrons. The van der Waals surface area contributed by atoms with Crippen LogP contribution in [0.25, 0.3) is 0 Å². The van der Waals surface area contributed by atoms with Crippen LogP contribution in [0.2, 0.25) is 0 Å². The molecule has 0 heterocycles. The lowest BCUT2D eigenvalue weighted by molar-refractivity contribution is -0.121. The third-order valence-electron chi connectivity index (χ3n) is 4.78. The van der Waals surface area contributed by atoms with E-state index in [1.54, 1.807) is 12.1 Å². The van der Waals surface area contributed by atoms with Gasteiger partial charge in [0, 0.05) is 23.9 Å². The first-order chi connectivity index (χ1) is 11.7. The molecule has 0 spiro atoms. The molecule has 0 radical (unpaired) electrons. The van der Waals surface area contributed by atoms with Gasteiger partial charge in [-0.2, -0.15) is 0 Å². The molecule has 0 aromatic heterocycles. The maximum absolute atomic E-state index is 12.5. The first kappa shape index (κ1) is 16.4. The molecule has 1 N–H and O–H groups in total. The Balaban J connectivity index is 1.70. The molecule has 2 aromatic rings. The highest BCUT2D eigenvalue weighted by Gasteiger charge is 2.32. The molecule has 1 fully saturated rings. The summed E-state index contributed by atoms with van der Waals surface area (Å²) in [6.45, 7) is 0. The van der Waals surface area contributed by atoms with Crippen molar-refractivity contribution in [1.29, 1.82) is 0 Å². The van der Waals surface area contributed by atoms with Gasteiger partial charge in [0.25, 0.3) is 5.91 Å². The van der Waals surface area contributed by atoms with E-state index in [1.165, 1.54) is 5.56 Å². The van der Waals surface area contributed by atoms with Crippen molar-refractivity contribution in [1.82, 2.24) is 5.32 Å². The van der Waals surface area contributed by atoms with Crippen LogP contribution in [0.3, 0.4) is 0 Å². The number of benzene rings is 2. The number of rotatable bonds is 6. The minimum Gasteiger partial charge on any atom is -0.349 e. The third kappa shape index (κ3) is 4.10. The number of Topliss-reactive ketones (excluding diaryl/α,β-unsaturated/α-hetero) is 1. The largest absolute Gasteiger partial charge is 0.349 e. The lowest BCUT2D eigenvalue weighted by atomic mass is 9.91. The highest BCUT2D eigenvalue weighted by atomic mass is 16.2. The predicted octanol–water partition coefficient (Wildman–Crippen LogP) is 3.79. The number of nitrogens with one attached hydrogen (secondary N) is 1. The normalized spacial score (nSPS) is 18.3. The molecular weight excluding hydrogens is 298 g/mol. The van der Waals surface area contributed by atoms with Crippen LogP contribution in [0.1, 0.15) is 41.6 Å². The van der Waals surface area contributed by atoms with Crippen LogP contribution in [-0.4, -0.2) is 17.7 Å². The molecule has 0 bridgehead atoms. The summed E-state index contributed by atoms with van der Waals surface area (Å²) < 4.78 is 0. The summed E-state index contributed by atoms with van der Waals surface area (Å²) in [5.74, 6) is 0.163. The second kappa shape index (κ2) is 7.91. The summed E-state index contributed by atoms with van der Waals surface area (Å²) in [7, 11) is 0. The highest BCUT2D eigenvalue weighted by Crippen LogP contribution is 2.27. The first-order valence-electron chi connectivity index (χ1n) is 8.66. The summed E-state index contributed by atoms with van der Waals surface area (Å²) >= 11 is 0. The van der Waals surface area contributed by atoms with Gasteiger partial charge in [0.1, 0.15) is 5.78 Å². The van der Waals surface area contributed by atoms with Crippen molar-refractivity contribution in [3.63, 3.8) is 0 Å². The number of amides is 1. The summed E-state index contributed by atoms with van der Waals surface area (Å²) in [5, 5.41) is 3.12. The van der Waals surface area contributed by atoms with Gasteiger partial charge in [0.05, 0.1) is 0 Å². The Hall–Kier alpha value is -2.42. The van der Waals surface area contributed by atoms with Crippen LogP contribution in [0, 0.1) is 5.92 Å². The van der Waals surface area contributed by atoms with Gasteiger partial charge in [-0.15, -0.1) is 0 Å². The van der Waals surface area contributed by atoms with E-state index >= 15 is 0 Å². The average molecular weight is 321 g/mol. The fraction of sp³-hybridized carbons (Fsp3) is 0.333. The lowest BCUT2D eigenvalue weighted by Crippen LogP contribution is -2.42. The molecule has 1 aliphatic carbocycles. The minimum atomic E-state index is -0.0899. The Morgan fingerprint density at radius 2 is 1.71 bits per heavy atom. The van der Waals surface area contributed by atoms with Crippen LogP contribution in [0.5, 0.6) is 0 Å². The fourth-order valence-corrected chi connectivity index (χ4v) is 3.45. The number of aryl methyl sites for hydroxylation is 1. The molecule has 2 aromatic carbocycles. The molecule has 24 heavy (non-hydrogen) atoms. The van der Waals surface area contributed by atoms with Crippen molar-refractivity contribution in [2.45, 2.75) is 38.1 Å². The van der Waals surface area contributed by atoms with E-state index in [1.807, 2.05) is 36.4 Å². The lowest BCUT2D eigenvalue weighted by Gasteiger charge is -2.24. The topological polar surface area (TPSA) is 46.2 Å². The van der Waals surface area contributed by atoms with Crippen molar-refractivity contribution in [2.24, 2.45) is 5.92 Å². The van der Waals surface area contributed by atoms with Gasteiger partial charge in [0.15, 0.2) is 0 Å².